The number of hydrogen-bond donors (Lipinski definition) is 2. The third-order valence-electron chi connectivity index (χ3n) is 4.00. The lowest BCUT2D eigenvalue weighted by Crippen LogP contribution is -2.38. The topological polar surface area (TPSA) is 45.4 Å². The summed E-state index contributed by atoms with van der Waals surface area (Å²) in [4.78, 5) is 0. The molecule has 3 heteroatoms. The van der Waals surface area contributed by atoms with Crippen LogP contribution in [0.3, 0.4) is 0 Å². The fourth-order valence-electron chi connectivity index (χ4n) is 2.72. The van der Waals surface area contributed by atoms with Gasteiger partial charge in [0, 0.05) is 18.6 Å². The first kappa shape index (κ1) is 12.7. The number of hydrogen-bond acceptors (Lipinski definition) is 3. The molecule has 2 rings (SSSR count). The minimum atomic E-state index is 0.110. The second kappa shape index (κ2) is 5.69. The van der Waals surface area contributed by atoms with Crippen LogP contribution in [0, 0.1) is 12.3 Å². The van der Waals surface area contributed by atoms with Crippen molar-refractivity contribution in [2.75, 3.05) is 13.2 Å². The second-order valence-corrected chi connectivity index (χ2v) is 5.35. The molecule has 0 atom stereocenters. The van der Waals surface area contributed by atoms with E-state index >= 15 is 0 Å². The van der Waals surface area contributed by atoms with Crippen LogP contribution in [-0.2, 0) is 6.54 Å². The highest BCUT2D eigenvalue weighted by Gasteiger charge is 2.30. The summed E-state index contributed by atoms with van der Waals surface area (Å²) in [5.41, 5.74) is 1.30. The second-order valence-electron chi connectivity index (χ2n) is 5.35. The van der Waals surface area contributed by atoms with Gasteiger partial charge in [-0.3, -0.25) is 0 Å². The van der Waals surface area contributed by atoms with Crippen molar-refractivity contribution >= 4 is 0 Å². The van der Waals surface area contributed by atoms with Crippen LogP contribution in [0.15, 0.2) is 16.7 Å². The minimum absolute atomic E-state index is 0.110. The molecule has 1 fully saturated rings. The van der Waals surface area contributed by atoms with E-state index in [9.17, 15) is 5.11 Å². The number of aliphatic hydroxyl groups is 1. The monoisotopic (exact) mass is 237 g/mol. The Morgan fingerprint density at radius 1 is 1.35 bits per heavy atom. The summed E-state index contributed by atoms with van der Waals surface area (Å²) in [7, 11) is 0. The molecule has 96 valence electrons. The Hall–Kier alpha value is -0.800. The van der Waals surface area contributed by atoms with E-state index in [0.29, 0.717) is 6.61 Å². The van der Waals surface area contributed by atoms with E-state index in [-0.39, 0.29) is 5.41 Å². The van der Waals surface area contributed by atoms with Crippen molar-refractivity contribution in [1.29, 1.82) is 0 Å². The third kappa shape index (κ3) is 3.11. The number of rotatable bonds is 5. The molecule has 0 unspecified atom stereocenters. The maximum Gasteiger partial charge on any atom is 0.120 e. The third-order valence-corrected chi connectivity index (χ3v) is 4.00. The zero-order valence-corrected chi connectivity index (χ0v) is 10.7. The average Bonchev–Trinajstić information content (AvgIpc) is 2.76. The smallest absolute Gasteiger partial charge is 0.120 e. The summed E-state index contributed by atoms with van der Waals surface area (Å²) in [5, 5.41) is 13.0. The molecule has 0 bridgehead atoms. The van der Waals surface area contributed by atoms with Crippen molar-refractivity contribution in [2.24, 2.45) is 5.41 Å². The first-order valence-corrected chi connectivity index (χ1v) is 6.60. The van der Waals surface area contributed by atoms with Crippen LogP contribution in [0.5, 0.6) is 0 Å². The van der Waals surface area contributed by atoms with E-state index in [1.807, 2.05) is 6.07 Å². The molecule has 0 spiro atoms. The average molecular weight is 237 g/mol. The lowest BCUT2D eigenvalue weighted by Gasteiger charge is -2.35. The van der Waals surface area contributed by atoms with Crippen molar-refractivity contribution in [3.63, 3.8) is 0 Å². The number of aliphatic hydroxyl groups excluding tert-OH is 1. The molecule has 0 aliphatic heterocycles. The summed E-state index contributed by atoms with van der Waals surface area (Å²) < 4.78 is 5.40. The van der Waals surface area contributed by atoms with Crippen LogP contribution in [0.2, 0.25) is 0 Å². The van der Waals surface area contributed by atoms with Crippen LogP contribution >= 0.6 is 0 Å². The zero-order chi connectivity index (χ0) is 12.1. The first-order valence-electron chi connectivity index (χ1n) is 6.60. The summed E-state index contributed by atoms with van der Waals surface area (Å²) in [6, 6.07) is 1.99. The lowest BCUT2D eigenvalue weighted by molar-refractivity contribution is 0.0805. The molecule has 0 aromatic carbocycles. The highest BCUT2D eigenvalue weighted by atomic mass is 16.3. The molecule has 3 nitrogen and oxygen atoms in total. The molecule has 1 aliphatic carbocycles. The van der Waals surface area contributed by atoms with Gasteiger partial charge in [-0.15, -0.1) is 0 Å². The van der Waals surface area contributed by atoms with Crippen molar-refractivity contribution in [3.8, 4) is 0 Å². The van der Waals surface area contributed by atoms with Gasteiger partial charge in [0.1, 0.15) is 5.76 Å². The van der Waals surface area contributed by atoms with Crippen molar-refractivity contribution in [3.05, 3.63) is 23.7 Å². The van der Waals surface area contributed by atoms with E-state index in [1.165, 1.54) is 24.8 Å². The maximum atomic E-state index is 9.59. The highest BCUT2D eigenvalue weighted by molar-refractivity contribution is 5.14. The summed E-state index contributed by atoms with van der Waals surface area (Å²) in [6.45, 7) is 4.02. The maximum absolute atomic E-state index is 9.59. The highest BCUT2D eigenvalue weighted by Crippen LogP contribution is 2.35. The Kier molecular flexibility index (Phi) is 4.24. The largest absolute Gasteiger partial charge is 0.468 e. The fraction of sp³-hybridized carbons (Fsp3) is 0.714. The van der Waals surface area contributed by atoms with Crippen LogP contribution in [0.4, 0.5) is 0 Å². The van der Waals surface area contributed by atoms with Gasteiger partial charge in [0.2, 0.25) is 0 Å². The molecule has 1 heterocycles. The summed E-state index contributed by atoms with van der Waals surface area (Å²) >= 11 is 0. The van der Waals surface area contributed by atoms with Gasteiger partial charge in [0.05, 0.1) is 12.8 Å². The van der Waals surface area contributed by atoms with Gasteiger partial charge in [0.25, 0.3) is 0 Å². The van der Waals surface area contributed by atoms with Crippen LogP contribution in [0.1, 0.15) is 43.4 Å². The molecule has 0 radical (unpaired) electrons. The Labute approximate surface area is 103 Å². The number of aryl methyl sites for hydroxylation is 1. The summed E-state index contributed by atoms with van der Waals surface area (Å²) in [6.07, 6.45) is 7.85. The van der Waals surface area contributed by atoms with Gasteiger partial charge in [0.15, 0.2) is 0 Å². The Bertz CT molecular complexity index is 340. The molecule has 0 amide bonds. The molecule has 17 heavy (non-hydrogen) atoms. The van der Waals surface area contributed by atoms with Crippen LogP contribution in [0.25, 0.3) is 0 Å². The SMILES string of the molecule is Cc1ccoc1CNCC1(CO)CCCCC1. The fourth-order valence-corrected chi connectivity index (χ4v) is 2.72. The predicted octanol–water partition coefficient (Wildman–Crippen LogP) is 2.62. The van der Waals surface area contributed by atoms with Crippen LogP contribution in [-0.4, -0.2) is 18.3 Å². The van der Waals surface area contributed by atoms with Gasteiger partial charge in [-0.25, -0.2) is 0 Å². The molecular weight excluding hydrogens is 214 g/mol. The Morgan fingerprint density at radius 2 is 2.12 bits per heavy atom. The van der Waals surface area contributed by atoms with Crippen molar-refractivity contribution in [2.45, 2.75) is 45.6 Å². The normalized spacial score (nSPS) is 19.4. The van der Waals surface area contributed by atoms with Gasteiger partial charge in [-0.2, -0.15) is 0 Å². The standard InChI is InChI=1S/C14H23NO2/c1-12-5-8-17-13(12)9-15-10-14(11-16)6-3-2-4-7-14/h5,8,15-16H,2-4,6-7,9-11H2,1H3. The quantitative estimate of drug-likeness (QED) is 0.827. The van der Waals surface area contributed by atoms with Gasteiger partial charge in [-0.1, -0.05) is 19.3 Å². The van der Waals surface area contributed by atoms with Gasteiger partial charge in [-0.05, 0) is 31.4 Å². The lowest BCUT2D eigenvalue weighted by atomic mass is 9.74. The van der Waals surface area contributed by atoms with E-state index in [2.05, 4.69) is 12.2 Å². The molecular formula is C14H23NO2. The number of nitrogens with one attached hydrogen (secondary N) is 1. The minimum Gasteiger partial charge on any atom is -0.468 e. The molecule has 1 aromatic rings. The van der Waals surface area contributed by atoms with Crippen molar-refractivity contribution < 1.29 is 9.52 Å². The molecule has 1 aliphatic rings. The Balaban J connectivity index is 1.82. The Morgan fingerprint density at radius 3 is 2.71 bits per heavy atom. The summed E-state index contributed by atoms with van der Waals surface area (Å²) in [5.74, 6) is 1.01. The van der Waals surface area contributed by atoms with Gasteiger partial charge < -0.3 is 14.8 Å². The van der Waals surface area contributed by atoms with Crippen molar-refractivity contribution in [1.82, 2.24) is 5.32 Å². The van der Waals surface area contributed by atoms with E-state index in [0.717, 1.165) is 31.7 Å². The molecule has 1 aromatic heterocycles. The molecule has 2 N–H and O–H groups in total. The number of furan rings is 1. The zero-order valence-electron chi connectivity index (χ0n) is 10.7. The predicted molar refractivity (Wildman–Crippen MR) is 67.8 cm³/mol. The van der Waals surface area contributed by atoms with Gasteiger partial charge >= 0.3 is 0 Å². The molecule has 1 saturated carbocycles. The van der Waals surface area contributed by atoms with E-state index in [1.54, 1.807) is 6.26 Å². The van der Waals surface area contributed by atoms with Crippen LogP contribution < -0.4 is 5.32 Å². The van der Waals surface area contributed by atoms with E-state index in [4.69, 9.17) is 4.42 Å². The first-order chi connectivity index (χ1) is 8.26. The molecule has 0 saturated heterocycles. The van der Waals surface area contributed by atoms with E-state index < -0.39 is 0 Å².